The van der Waals surface area contributed by atoms with E-state index in [1.165, 1.54) is 0 Å². The Bertz CT molecular complexity index is 279. The standard InChI is InChI=1S/C10H12O2/c1-3-4-8-7-9(11)5-6-10(8)12-2/h3,5-7,11H,1,4H2,2H3. The summed E-state index contributed by atoms with van der Waals surface area (Å²) < 4.78 is 5.09. The van der Waals surface area contributed by atoms with E-state index in [2.05, 4.69) is 6.58 Å². The first-order valence-corrected chi connectivity index (χ1v) is 3.74. The van der Waals surface area contributed by atoms with Gasteiger partial charge in [0.15, 0.2) is 0 Å². The number of methoxy groups -OCH3 is 1. The Labute approximate surface area is 72.1 Å². The zero-order valence-electron chi connectivity index (χ0n) is 7.08. The fourth-order valence-electron chi connectivity index (χ4n) is 1.08. The van der Waals surface area contributed by atoms with E-state index in [0.717, 1.165) is 11.3 Å². The molecule has 2 heteroatoms. The Morgan fingerprint density at radius 1 is 1.58 bits per heavy atom. The SMILES string of the molecule is C=CCc1cc(O)ccc1OC. The molecule has 0 amide bonds. The molecule has 1 aromatic carbocycles. The summed E-state index contributed by atoms with van der Waals surface area (Å²) in [5, 5.41) is 9.17. The molecule has 0 aliphatic carbocycles. The van der Waals surface area contributed by atoms with Crippen LogP contribution in [-0.2, 0) is 6.42 Å². The minimum atomic E-state index is 0.257. The van der Waals surface area contributed by atoms with E-state index in [9.17, 15) is 0 Å². The van der Waals surface area contributed by atoms with Crippen LogP contribution in [0.15, 0.2) is 30.9 Å². The van der Waals surface area contributed by atoms with Crippen molar-refractivity contribution in [2.75, 3.05) is 7.11 Å². The molecule has 1 aromatic rings. The summed E-state index contributed by atoms with van der Waals surface area (Å²) >= 11 is 0. The van der Waals surface area contributed by atoms with Gasteiger partial charge in [-0.1, -0.05) is 6.08 Å². The van der Waals surface area contributed by atoms with Gasteiger partial charge in [0.1, 0.15) is 11.5 Å². The first-order valence-electron chi connectivity index (χ1n) is 3.74. The summed E-state index contributed by atoms with van der Waals surface area (Å²) in [6, 6.07) is 5.03. The van der Waals surface area contributed by atoms with Crippen LogP contribution < -0.4 is 4.74 Å². The van der Waals surface area contributed by atoms with Crippen LogP contribution in [0.1, 0.15) is 5.56 Å². The molecule has 0 heterocycles. The zero-order valence-corrected chi connectivity index (χ0v) is 7.08. The van der Waals surface area contributed by atoms with Crippen molar-refractivity contribution in [2.24, 2.45) is 0 Å². The maximum absolute atomic E-state index is 9.17. The summed E-state index contributed by atoms with van der Waals surface area (Å²) in [4.78, 5) is 0. The lowest BCUT2D eigenvalue weighted by molar-refractivity contribution is 0.408. The van der Waals surface area contributed by atoms with E-state index in [-0.39, 0.29) is 5.75 Å². The molecule has 12 heavy (non-hydrogen) atoms. The summed E-state index contributed by atoms with van der Waals surface area (Å²) in [6.07, 6.45) is 2.48. The molecule has 64 valence electrons. The Morgan fingerprint density at radius 2 is 2.33 bits per heavy atom. The first-order chi connectivity index (χ1) is 5.77. The number of rotatable bonds is 3. The Morgan fingerprint density at radius 3 is 2.92 bits per heavy atom. The van der Waals surface area contributed by atoms with E-state index >= 15 is 0 Å². The predicted octanol–water partition coefficient (Wildman–Crippen LogP) is 2.13. The van der Waals surface area contributed by atoms with Crippen molar-refractivity contribution in [3.63, 3.8) is 0 Å². The maximum Gasteiger partial charge on any atom is 0.122 e. The summed E-state index contributed by atoms with van der Waals surface area (Å²) in [5.74, 6) is 1.04. The first kappa shape index (κ1) is 8.65. The van der Waals surface area contributed by atoms with Gasteiger partial charge in [0, 0.05) is 5.56 Å². The van der Waals surface area contributed by atoms with Crippen LogP contribution in [0.3, 0.4) is 0 Å². The van der Waals surface area contributed by atoms with E-state index in [1.807, 2.05) is 0 Å². The monoisotopic (exact) mass is 164 g/mol. The van der Waals surface area contributed by atoms with Gasteiger partial charge < -0.3 is 9.84 Å². The highest BCUT2D eigenvalue weighted by molar-refractivity contribution is 5.40. The van der Waals surface area contributed by atoms with Gasteiger partial charge in [-0.15, -0.1) is 6.58 Å². The molecule has 2 nitrogen and oxygen atoms in total. The van der Waals surface area contributed by atoms with Crippen LogP contribution in [-0.4, -0.2) is 12.2 Å². The van der Waals surface area contributed by atoms with Crippen LogP contribution in [0.2, 0.25) is 0 Å². The molecule has 0 aliphatic rings. The number of phenols is 1. The van der Waals surface area contributed by atoms with Crippen molar-refractivity contribution >= 4 is 0 Å². The van der Waals surface area contributed by atoms with Crippen LogP contribution >= 0.6 is 0 Å². The molecule has 0 saturated carbocycles. The molecule has 0 radical (unpaired) electrons. The van der Waals surface area contributed by atoms with Gasteiger partial charge in [-0.2, -0.15) is 0 Å². The lowest BCUT2D eigenvalue weighted by atomic mass is 10.1. The number of benzene rings is 1. The lowest BCUT2D eigenvalue weighted by Crippen LogP contribution is -1.89. The third-order valence-electron chi connectivity index (χ3n) is 1.63. The fourth-order valence-corrected chi connectivity index (χ4v) is 1.08. The number of hydrogen-bond acceptors (Lipinski definition) is 2. The molecule has 0 fully saturated rings. The van der Waals surface area contributed by atoms with Crippen molar-refractivity contribution in [2.45, 2.75) is 6.42 Å². The molecule has 0 aliphatic heterocycles. The van der Waals surface area contributed by atoms with Gasteiger partial charge >= 0.3 is 0 Å². The average molecular weight is 164 g/mol. The average Bonchev–Trinajstić information content (AvgIpc) is 2.05. The lowest BCUT2D eigenvalue weighted by Gasteiger charge is -2.05. The third kappa shape index (κ3) is 1.78. The highest BCUT2D eigenvalue weighted by Gasteiger charge is 2.00. The smallest absolute Gasteiger partial charge is 0.122 e. The quantitative estimate of drug-likeness (QED) is 0.693. The highest BCUT2D eigenvalue weighted by Crippen LogP contribution is 2.23. The van der Waals surface area contributed by atoms with E-state index in [0.29, 0.717) is 6.42 Å². The molecule has 0 unspecified atom stereocenters. The largest absolute Gasteiger partial charge is 0.508 e. The molecule has 1 rings (SSSR count). The summed E-state index contributed by atoms with van der Waals surface area (Å²) in [5.41, 5.74) is 0.951. The number of ether oxygens (including phenoxy) is 1. The minimum Gasteiger partial charge on any atom is -0.508 e. The molecule has 0 saturated heterocycles. The van der Waals surface area contributed by atoms with Crippen LogP contribution in [0.5, 0.6) is 11.5 Å². The maximum atomic E-state index is 9.17. The second-order valence-electron chi connectivity index (χ2n) is 2.49. The molecule has 1 N–H and O–H groups in total. The van der Waals surface area contributed by atoms with Crippen LogP contribution in [0.25, 0.3) is 0 Å². The van der Waals surface area contributed by atoms with Gasteiger partial charge in [0.2, 0.25) is 0 Å². The zero-order chi connectivity index (χ0) is 8.97. The van der Waals surface area contributed by atoms with Gasteiger partial charge in [0.25, 0.3) is 0 Å². The van der Waals surface area contributed by atoms with Crippen molar-refractivity contribution < 1.29 is 9.84 Å². The third-order valence-corrected chi connectivity index (χ3v) is 1.63. The van der Waals surface area contributed by atoms with E-state index in [1.54, 1.807) is 31.4 Å². The van der Waals surface area contributed by atoms with Gasteiger partial charge in [0.05, 0.1) is 7.11 Å². The van der Waals surface area contributed by atoms with Crippen molar-refractivity contribution in [3.05, 3.63) is 36.4 Å². The number of allylic oxidation sites excluding steroid dienone is 1. The second-order valence-corrected chi connectivity index (χ2v) is 2.49. The van der Waals surface area contributed by atoms with Crippen molar-refractivity contribution in [1.29, 1.82) is 0 Å². The van der Waals surface area contributed by atoms with Crippen molar-refractivity contribution in [1.82, 2.24) is 0 Å². The fraction of sp³-hybridized carbons (Fsp3) is 0.200. The second kappa shape index (κ2) is 3.81. The van der Waals surface area contributed by atoms with Crippen LogP contribution in [0, 0.1) is 0 Å². The molecule has 0 spiro atoms. The van der Waals surface area contributed by atoms with Gasteiger partial charge in [-0.05, 0) is 24.6 Å². The van der Waals surface area contributed by atoms with E-state index < -0.39 is 0 Å². The van der Waals surface area contributed by atoms with Crippen molar-refractivity contribution in [3.8, 4) is 11.5 Å². The highest BCUT2D eigenvalue weighted by atomic mass is 16.5. The molecule has 0 atom stereocenters. The number of phenolic OH excluding ortho intramolecular Hbond substituents is 1. The van der Waals surface area contributed by atoms with Gasteiger partial charge in [-0.25, -0.2) is 0 Å². The Balaban J connectivity index is 3.03. The van der Waals surface area contributed by atoms with Gasteiger partial charge in [-0.3, -0.25) is 0 Å². The minimum absolute atomic E-state index is 0.257. The molecule has 0 bridgehead atoms. The predicted molar refractivity (Wildman–Crippen MR) is 48.6 cm³/mol. The molecule has 0 aromatic heterocycles. The van der Waals surface area contributed by atoms with Crippen LogP contribution in [0.4, 0.5) is 0 Å². The summed E-state index contributed by atoms with van der Waals surface area (Å²) in [7, 11) is 1.61. The van der Waals surface area contributed by atoms with E-state index in [4.69, 9.17) is 9.84 Å². The number of hydrogen-bond donors (Lipinski definition) is 1. The molecular weight excluding hydrogens is 152 g/mol. The topological polar surface area (TPSA) is 29.5 Å². The summed E-state index contributed by atoms with van der Waals surface area (Å²) in [6.45, 7) is 3.62. The number of aromatic hydroxyl groups is 1. The Kier molecular flexibility index (Phi) is 2.75. The Hall–Kier alpha value is -1.44. The molecular formula is C10H12O2. The normalized spacial score (nSPS) is 9.42.